The molecule has 2 amide bonds. The minimum Gasteiger partial charge on any atom is -0.494 e. The molecule has 0 saturated heterocycles. The molecule has 2 atom stereocenters. The van der Waals surface area contributed by atoms with Gasteiger partial charge in [-0.3, -0.25) is 9.59 Å². The van der Waals surface area contributed by atoms with Gasteiger partial charge in [0, 0.05) is 12.0 Å². The Labute approximate surface area is 255 Å². The summed E-state index contributed by atoms with van der Waals surface area (Å²) in [5.74, 6) is 0.0765. The molecule has 0 spiro atoms. The van der Waals surface area contributed by atoms with E-state index >= 15 is 0 Å². The molecule has 3 aromatic rings. The number of amides is 2. The first-order chi connectivity index (χ1) is 20.4. The number of hydrogen-bond donors (Lipinski definition) is 2. The Balaban J connectivity index is 1.72. The number of carbonyl (C=O) groups excluding carboxylic acids is 3. The molecule has 0 radical (unpaired) electrons. The topological polar surface area (TPSA) is 103 Å². The average molecular weight is 589 g/mol. The van der Waals surface area contributed by atoms with E-state index in [1.165, 1.54) is 0 Å². The molecule has 3 aromatic carbocycles. The van der Waals surface area contributed by atoms with E-state index < -0.39 is 29.6 Å². The number of ether oxygens (including phenoxy) is 3. The van der Waals surface area contributed by atoms with Crippen LogP contribution in [0.25, 0.3) is 0 Å². The molecule has 8 nitrogen and oxygen atoms in total. The first-order valence-corrected chi connectivity index (χ1v) is 14.8. The summed E-state index contributed by atoms with van der Waals surface area (Å²) >= 11 is 0. The quantitative estimate of drug-likeness (QED) is 0.228. The number of benzene rings is 3. The molecule has 0 aromatic heterocycles. The minimum atomic E-state index is -0.958. The monoisotopic (exact) mass is 588 g/mol. The third-order valence-corrected chi connectivity index (χ3v) is 6.38. The van der Waals surface area contributed by atoms with Crippen molar-refractivity contribution in [1.82, 2.24) is 10.6 Å². The number of esters is 1. The van der Waals surface area contributed by atoms with Gasteiger partial charge in [0.2, 0.25) is 5.91 Å². The first-order valence-electron chi connectivity index (χ1n) is 14.8. The van der Waals surface area contributed by atoms with Crippen molar-refractivity contribution >= 4 is 17.8 Å². The van der Waals surface area contributed by atoms with Gasteiger partial charge in [-0.15, -0.1) is 0 Å². The van der Waals surface area contributed by atoms with Crippen LogP contribution in [0.15, 0.2) is 78.9 Å². The van der Waals surface area contributed by atoms with Gasteiger partial charge >= 0.3 is 5.97 Å². The van der Waals surface area contributed by atoms with E-state index in [9.17, 15) is 14.4 Å². The summed E-state index contributed by atoms with van der Waals surface area (Å²) < 4.78 is 17.0. The first kappa shape index (κ1) is 33.2. The van der Waals surface area contributed by atoms with Crippen molar-refractivity contribution in [2.75, 3.05) is 6.61 Å². The molecule has 0 heterocycles. The summed E-state index contributed by atoms with van der Waals surface area (Å²) in [6.45, 7) is 12.1. The fourth-order valence-corrected chi connectivity index (χ4v) is 4.35. The predicted molar refractivity (Wildman–Crippen MR) is 167 cm³/mol. The number of hydrogen-bond acceptors (Lipinski definition) is 6. The van der Waals surface area contributed by atoms with Crippen molar-refractivity contribution in [2.45, 2.75) is 78.7 Å². The van der Waals surface area contributed by atoms with Crippen molar-refractivity contribution in [1.29, 1.82) is 0 Å². The maximum absolute atomic E-state index is 13.6. The highest BCUT2D eigenvalue weighted by atomic mass is 16.6. The molecule has 0 bridgehead atoms. The van der Waals surface area contributed by atoms with Crippen LogP contribution in [0.1, 0.15) is 69.4 Å². The fourth-order valence-electron chi connectivity index (χ4n) is 4.35. The zero-order valence-corrected chi connectivity index (χ0v) is 26.0. The summed E-state index contributed by atoms with van der Waals surface area (Å²) in [6.07, 6.45) is 0.601. The fraction of sp³-hybridized carbons (Fsp3) is 0.400. The highest BCUT2D eigenvalue weighted by molar-refractivity contribution is 5.98. The van der Waals surface area contributed by atoms with Crippen LogP contribution in [-0.4, -0.2) is 42.1 Å². The van der Waals surface area contributed by atoms with Crippen LogP contribution < -0.4 is 20.1 Å². The van der Waals surface area contributed by atoms with Crippen LogP contribution in [0.2, 0.25) is 0 Å². The van der Waals surface area contributed by atoms with E-state index in [-0.39, 0.29) is 18.2 Å². The third kappa shape index (κ3) is 11.5. The molecule has 0 aliphatic heterocycles. The normalized spacial score (nSPS) is 12.6. The van der Waals surface area contributed by atoms with Crippen LogP contribution in [0.4, 0.5) is 0 Å². The Kier molecular flexibility index (Phi) is 12.2. The number of rotatable bonds is 14. The highest BCUT2D eigenvalue weighted by Gasteiger charge is 2.31. The van der Waals surface area contributed by atoms with E-state index in [2.05, 4.69) is 10.6 Å². The van der Waals surface area contributed by atoms with E-state index in [1.54, 1.807) is 45.0 Å². The molecule has 43 heavy (non-hydrogen) atoms. The average Bonchev–Trinajstić information content (AvgIpc) is 2.96. The zero-order valence-electron chi connectivity index (χ0n) is 26.0. The lowest BCUT2D eigenvalue weighted by Gasteiger charge is -2.27. The summed E-state index contributed by atoms with van der Waals surface area (Å²) in [7, 11) is 0. The second kappa shape index (κ2) is 15.8. The molecule has 0 saturated carbocycles. The lowest BCUT2D eigenvalue weighted by atomic mass is 10.0. The van der Waals surface area contributed by atoms with Gasteiger partial charge in [0.1, 0.15) is 35.8 Å². The van der Waals surface area contributed by atoms with Crippen molar-refractivity contribution in [2.24, 2.45) is 5.92 Å². The van der Waals surface area contributed by atoms with E-state index in [4.69, 9.17) is 14.2 Å². The largest absolute Gasteiger partial charge is 0.494 e. The molecular weight excluding hydrogens is 544 g/mol. The van der Waals surface area contributed by atoms with Crippen molar-refractivity contribution < 1.29 is 28.6 Å². The Hall–Kier alpha value is -4.33. The minimum absolute atomic E-state index is 0.111. The second-order valence-electron chi connectivity index (χ2n) is 11.8. The summed E-state index contributed by atoms with van der Waals surface area (Å²) in [5.41, 5.74) is 1.55. The van der Waals surface area contributed by atoms with Crippen LogP contribution in [-0.2, 0) is 27.4 Å². The molecular formula is C35H44N2O6. The van der Waals surface area contributed by atoms with Crippen molar-refractivity contribution in [3.05, 3.63) is 95.6 Å². The smallest absolute Gasteiger partial charge is 0.329 e. The molecule has 0 aliphatic carbocycles. The van der Waals surface area contributed by atoms with Gasteiger partial charge in [0.25, 0.3) is 5.91 Å². The van der Waals surface area contributed by atoms with E-state index in [0.717, 1.165) is 11.1 Å². The van der Waals surface area contributed by atoms with Gasteiger partial charge in [-0.25, -0.2) is 4.79 Å². The molecule has 2 unspecified atom stereocenters. The van der Waals surface area contributed by atoms with Gasteiger partial charge in [-0.2, -0.15) is 0 Å². The van der Waals surface area contributed by atoms with Gasteiger partial charge in [-0.1, -0.05) is 56.3 Å². The Morgan fingerprint density at radius 3 is 1.93 bits per heavy atom. The van der Waals surface area contributed by atoms with Crippen LogP contribution >= 0.6 is 0 Å². The zero-order chi connectivity index (χ0) is 31.4. The van der Waals surface area contributed by atoms with Gasteiger partial charge in [-0.05, 0) is 87.6 Å². The lowest BCUT2D eigenvalue weighted by Crippen LogP contribution is -2.53. The number of carbonyl (C=O) groups is 3. The van der Waals surface area contributed by atoms with Crippen molar-refractivity contribution in [3.63, 3.8) is 0 Å². The summed E-state index contributed by atoms with van der Waals surface area (Å²) in [5, 5.41) is 5.70. The molecule has 0 aliphatic rings. The Bertz CT molecular complexity index is 1320. The Morgan fingerprint density at radius 2 is 1.35 bits per heavy atom. The highest BCUT2D eigenvalue weighted by Crippen LogP contribution is 2.18. The maximum Gasteiger partial charge on any atom is 0.329 e. The number of nitrogens with one attached hydrogen (secondary N) is 2. The molecule has 0 fully saturated rings. The Morgan fingerprint density at radius 1 is 0.744 bits per heavy atom. The molecule has 2 N–H and O–H groups in total. The van der Waals surface area contributed by atoms with E-state index in [0.29, 0.717) is 36.7 Å². The molecule has 230 valence electrons. The maximum atomic E-state index is 13.6. The van der Waals surface area contributed by atoms with Crippen LogP contribution in [0, 0.1) is 5.92 Å². The SMILES string of the molecule is CCOc1ccc(C(=O)NC(CC(C)C)C(=O)NC(Cc2ccc(OCc3ccccc3)cc2)C(=O)OC(C)(C)C)cc1. The molecule has 3 rings (SSSR count). The summed E-state index contributed by atoms with van der Waals surface area (Å²) in [4.78, 5) is 39.8. The van der Waals surface area contributed by atoms with Gasteiger partial charge < -0.3 is 24.8 Å². The summed E-state index contributed by atoms with van der Waals surface area (Å²) in [6, 6.07) is 22.2. The van der Waals surface area contributed by atoms with Crippen LogP contribution in [0.5, 0.6) is 11.5 Å². The third-order valence-electron chi connectivity index (χ3n) is 6.38. The standard InChI is InChI=1S/C35H44N2O6/c1-7-41-28-19-15-27(16-20-28)32(38)36-30(21-24(2)3)33(39)37-31(34(40)43-35(4,5)6)22-25-13-17-29(18-14-25)42-23-26-11-9-8-10-12-26/h8-20,24,30-31H,7,21-23H2,1-6H3,(H,36,38)(H,37,39). The lowest BCUT2D eigenvalue weighted by molar-refractivity contribution is -0.158. The van der Waals surface area contributed by atoms with Crippen molar-refractivity contribution in [3.8, 4) is 11.5 Å². The van der Waals surface area contributed by atoms with Gasteiger partial charge in [0.15, 0.2) is 0 Å². The van der Waals surface area contributed by atoms with E-state index in [1.807, 2.05) is 75.4 Å². The molecule has 8 heteroatoms. The van der Waals surface area contributed by atoms with Crippen LogP contribution in [0.3, 0.4) is 0 Å². The second-order valence-corrected chi connectivity index (χ2v) is 11.8. The van der Waals surface area contributed by atoms with Gasteiger partial charge in [0.05, 0.1) is 6.61 Å². The predicted octanol–water partition coefficient (Wildman–Crippen LogP) is 5.88.